The maximum Gasteiger partial charge on any atom is 0.391 e. The average Bonchev–Trinajstić information content (AvgIpc) is 3.30. The normalized spacial score (nSPS) is 22.8. The van der Waals surface area contributed by atoms with Crippen LogP contribution in [-0.2, 0) is 14.4 Å². The lowest BCUT2D eigenvalue weighted by atomic mass is 9.81. The number of likely N-dealkylation sites (tertiary alicyclic amines) is 1. The Morgan fingerprint density at radius 3 is 2.68 bits per heavy atom. The van der Waals surface area contributed by atoms with E-state index in [4.69, 9.17) is 5.41 Å². The Morgan fingerprint density at radius 2 is 1.97 bits per heavy atom. The summed E-state index contributed by atoms with van der Waals surface area (Å²) >= 11 is 0. The van der Waals surface area contributed by atoms with E-state index in [1.807, 2.05) is 0 Å². The van der Waals surface area contributed by atoms with Crippen LogP contribution in [0, 0.1) is 17.2 Å². The smallest absolute Gasteiger partial charge is 0.374 e. The van der Waals surface area contributed by atoms with Crippen molar-refractivity contribution in [2.24, 2.45) is 11.8 Å². The molecule has 0 spiro atoms. The molecule has 11 heteroatoms. The third-order valence-electron chi connectivity index (χ3n) is 6.56. The van der Waals surface area contributed by atoms with Crippen molar-refractivity contribution in [1.82, 2.24) is 15.2 Å². The molecule has 34 heavy (non-hydrogen) atoms. The molecule has 186 valence electrons. The zero-order chi connectivity index (χ0) is 24.9. The number of nitrogens with one attached hydrogen (secondary N) is 3. The molecule has 0 bridgehead atoms. The summed E-state index contributed by atoms with van der Waals surface area (Å²) in [5.74, 6) is -2.63. The molecule has 1 saturated heterocycles. The summed E-state index contributed by atoms with van der Waals surface area (Å²) in [6.45, 7) is 1.71. The van der Waals surface area contributed by atoms with Crippen LogP contribution in [-0.4, -0.2) is 65.0 Å². The van der Waals surface area contributed by atoms with Crippen LogP contribution in [0.2, 0.25) is 0 Å². The standard InChI is InChI=1S/C23H30F3N5O3/c1-14(32)21(27)17-7-8-28-12-18(17)29-13-20(33)31-9-3-6-19(31)22(34)30-11-15-4-2-5-16(10-15)23(24,25)26/h7-8,12,15-16,19,27,29H,2-6,9-11,13H2,1H3,(H,30,34). The molecule has 3 N–H and O–H groups in total. The topological polar surface area (TPSA) is 115 Å². The number of Topliss-reactive ketones (excluding diaryl/α,β-unsaturated/α-hetero) is 1. The van der Waals surface area contributed by atoms with E-state index in [-0.39, 0.29) is 49.4 Å². The number of alkyl halides is 3. The van der Waals surface area contributed by atoms with E-state index in [1.165, 1.54) is 30.3 Å². The van der Waals surface area contributed by atoms with Crippen LogP contribution in [0.25, 0.3) is 0 Å². The molecule has 1 aliphatic carbocycles. The third-order valence-corrected chi connectivity index (χ3v) is 6.56. The summed E-state index contributed by atoms with van der Waals surface area (Å²) < 4.78 is 39.1. The highest BCUT2D eigenvalue weighted by atomic mass is 19.4. The van der Waals surface area contributed by atoms with Gasteiger partial charge in [-0.1, -0.05) is 6.42 Å². The molecule has 1 aliphatic heterocycles. The molecule has 1 aromatic rings. The number of amides is 2. The first kappa shape index (κ1) is 25.6. The number of halogens is 3. The SMILES string of the molecule is CC(=O)C(=N)c1ccncc1NCC(=O)N1CCCC1C(=O)NCC1CCCC(C(F)(F)F)C1. The molecule has 0 radical (unpaired) electrons. The second kappa shape index (κ2) is 11.0. The number of pyridine rings is 1. The van der Waals surface area contributed by atoms with E-state index in [2.05, 4.69) is 15.6 Å². The molecule has 2 amide bonds. The van der Waals surface area contributed by atoms with E-state index >= 15 is 0 Å². The van der Waals surface area contributed by atoms with Crippen molar-refractivity contribution in [3.63, 3.8) is 0 Å². The number of ketones is 1. The molecule has 1 aromatic heterocycles. The summed E-state index contributed by atoms with van der Waals surface area (Å²) in [7, 11) is 0. The van der Waals surface area contributed by atoms with E-state index in [1.54, 1.807) is 0 Å². The predicted molar refractivity (Wildman–Crippen MR) is 119 cm³/mol. The van der Waals surface area contributed by atoms with Gasteiger partial charge in [0.1, 0.15) is 11.8 Å². The summed E-state index contributed by atoms with van der Waals surface area (Å²) in [5, 5.41) is 13.6. The minimum Gasteiger partial charge on any atom is -0.374 e. The Kier molecular flexibility index (Phi) is 8.27. The van der Waals surface area contributed by atoms with Crippen LogP contribution >= 0.6 is 0 Å². The molecule has 0 aromatic carbocycles. The molecule has 2 fully saturated rings. The van der Waals surface area contributed by atoms with Gasteiger partial charge >= 0.3 is 6.18 Å². The quantitative estimate of drug-likeness (QED) is 0.494. The van der Waals surface area contributed by atoms with Gasteiger partial charge in [-0.3, -0.25) is 24.8 Å². The molecule has 8 nitrogen and oxygen atoms in total. The number of aromatic nitrogens is 1. The fourth-order valence-corrected chi connectivity index (χ4v) is 4.69. The second-order valence-electron chi connectivity index (χ2n) is 8.97. The summed E-state index contributed by atoms with van der Waals surface area (Å²) in [5.41, 5.74) is 0.495. The van der Waals surface area contributed by atoms with Crippen molar-refractivity contribution in [1.29, 1.82) is 5.41 Å². The van der Waals surface area contributed by atoms with Gasteiger partial charge in [-0.2, -0.15) is 13.2 Å². The number of nitrogens with zero attached hydrogens (tertiary/aromatic N) is 2. The van der Waals surface area contributed by atoms with Gasteiger partial charge in [0.25, 0.3) is 0 Å². The highest BCUT2D eigenvalue weighted by Gasteiger charge is 2.42. The van der Waals surface area contributed by atoms with Gasteiger partial charge in [-0.05, 0) is 44.1 Å². The minimum atomic E-state index is -4.21. The summed E-state index contributed by atoms with van der Waals surface area (Å²) in [6.07, 6.45) is 1.09. The Morgan fingerprint density at radius 1 is 1.21 bits per heavy atom. The lowest BCUT2D eigenvalue weighted by Crippen LogP contribution is -2.48. The van der Waals surface area contributed by atoms with Crippen LogP contribution < -0.4 is 10.6 Å². The van der Waals surface area contributed by atoms with E-state index < -0.39 is 23.9 Å². The molecule has 3 atom stereocenters. The van der Waals surface area contributed by atoms with Crippen molar-refractivity contribution < 1.29 is 27.6 Å². The largest absolute Gasteiger partial charge is 0.391 e. The summed E-state index contributed by atoms with van der Waals surface area (Å²) in [4.78, 5) is 42.6. The van der Waals surface area contributed by atoms with Gasteiger partial charge in [0.15, 0.2) is 5.78 Å². The first-order valence-corrected chi connectivity index (χ1v) is 11.5. The number of carbonyl (C=O) groups is 3. The first-order valence-electron chi connectivity index (χ1n) is 11.5. The van der Waals surface area contributed by atoms with Crippen molar-refractivity contribution in [2.45, 2.75) is 57.7 Å². The number of rotatable bonds is 8. The Hall–Kier alpha value is -2.98. The van der Waals surface area contributed by atoms with Crippen molar-refractivity contribution in [3.05, 3.63) is 24.0 Å². The Bertz CT molecular complexity index is 937. The van der Waals surface area contributed by atoms with Crippen LogP contribution in [0.3, 0.4) is 0 Å². The monoisotopic (exact) mass is 481 g/mol. The average molecular weight is 482 g/mol. The van der Waals surface area contributed by atoms with Crippen LogP contribution in [0.5, 0.6) is 0 Å². The van der Waals surface area contributed by atoms with Gasteiger partial charge in [-0.25, -0.2) is 0 Å². The predicted octanol–water partition coefficient (Wildman–Crippen LogP) is 2.93. The van der Waals surface area contributed by atoms with E-state index in [0.29, 0.717) is 43.5 Å². The zero-order valence-electron chi connectivity index (χ0n) is 19.1. The van der Waals surface area contributed by atoms with Gasteiger partial charge in [-0.15, -0.1) is 0 Å². The van der Waals surface area contributed by atoms with Crippen molar-refractivity contribution in [3.8, 4) is 0 Å². The number of hydrogen-bond acceptors (Lipinski definition) is 6. The lowest BCUT2D eigenvalue weighted by molar-refractivity contribution is -0.185. The molecule has 3 unspecified atom stereocenters. The molecule has 2 heterocycles. The first-order chi connectivity index (χ1) is 16.1. The maximum absolute atomic E-state index is 13.0. The van der Waals surface area contributed by atoms with Crippen molar-refractivity contribution >= 4 is 29.0 Å². The zero-order valence-corrected chi connectivity index (χ0v) is 19.1. The van der Waals surface area contributed by atoms with Gasteiger partial charge in [0, 0.05) is 31.8 Å². The maximum atomic E-state index is 13.0. The molecular formula is C23H30F3N5O3. The van der Waals surface area contributed by atoms with Crippen LogP contribution in [0.15, 0.2) is 18.5 Å². The number of anilines is 1. The van der Waals surface area contributed by atoms with Gasteiger partial charge in [0.05, 0.1) is 24.3 Å². The highest BCUT2D eigenvalue weighted by Crippen LogP contribution is 2.39. The van der Waals surface area contributed by atoms with E-state index in [9.17, 15) is 27.6 Å². The molecule has 1 saturated carbocycles. The van der Waals surface area contributed by atoms with Crippen LogP contribution in [0.1, 0.15) is 51.0 Å². The van der Waals surface area contributed by atoms with Crippen LogP contribution in [0.4, 0.5) is 18.9 Å². The minimum absolute atomic E-state index is 0.0176. The van der Waals surface area contributed by atoms with Crippen molar-refractivity contribution in [2.75, 3.05) is 25.0 Å². The Balaban J connectivity index is 1.54. The summed E-state index contributed by atoms with van der Waals surface area (Å²) in [6, 6.07) is 0.845. The van der Waals surface area contributed by atoms with Gasteiger partial charge in [0.2, 0.25) is 11.8 Å². The Labute approximate surface area is 196 Å². The van der Waals surface area contributed by atoms with E-state index in [0.717, 1.165) is 0 Å². The molecule has 3 rings (SSSR count). The second-order valence-corrected chi connectivity index (χ2v) is 8.97. The fourth-order valence-electron chi connectivity index (χ4n) is 4.69. The third kappa shape index (κ3) is 6.32. The number of carbonyl (C=O) groups excluding carboxylic acids is 3. The highest BCUT2D eigenvalue weighted by molar-refractivity contribution is 6.45. The van der Waals surface area contributed by atoms with Gasteiger partial charge < -0.3 is 15.5 Å². The molecule has 2 aliphatic rings. The number of hydrogen-bond donors (Lipinski definition) is 3. The molecular weight excluding hydrogens is 451 g/mol. The fraction of sp³-hybridized carbons (Fsp3) is 0.609. The lowest BCUT2D eigenvalue weighted by Gasteiger charge is -2.31.